The fraction of sp³-hybridized carbons (Fsp3) is 0.455. The van der Waals surface area contributed by atoms with Crippen LogP contribution in [0.25, 0.3) is 0 Å². The van der Waals surface area contributed by atoms with Crippen LogP contribution in [0.2, 0.25) is 0 Å². The van der Waals surface area contributed by atoms with E-state index in [1.54, 1.807) is 6.07 Å². The maximum Gasteiger partial charge on any atom is 0.274 e. The van der Waals surface area contributed by atoms with Gasteiger partial charge in [0.1, 0.15) is 0 Å². The molecular formula is C11H13BrN2O2. The molecule has 1 saturated carbocycles. The van der Waals surface area contributed by atoms with E-state index in [0.29, 0.717) is 6.54 Å². The minimum Gasteiger partial charge on any atom is -0.330 e. The fourth-order valence-corrected chi connectivity index (χ4v) is 2.53. The van der Waals surface area contributed by atoms with Gasteiger partial charge in [0.15, 0.2) is 0 Å². The number of nitrogens with zero attached hydrogens (tertiary/aromatic N) is 1. The van der Waals surface area contributed by atoms with Crippen molar-refractivity contribution in [3.63, 3.8) is 0 Å². The molecule has 2 N–H and O–H groups in total. The lowest BCUT2D eigenvalue weighted by Crippen LogP contribution is -2.15. The van der Waals surface area contributed by atoms with Gasteiger partial charge >= 0.3 is 0 Å². The molecule has 0 saturated heterocycles. The van der Waals surface area contributed by atoms with Gasteiger partial charge in [-0.1, -0.05) is 22.0 Å². The quantitative estimate of drug-likeness (QED) is 0.683. The average Bonchev–Trinajstić information content (AvgIpc) is 2.99. The number of nitrogens with two attached hydrogens (primary N) is 1. The van der Waals surface area contributed by atoms with E-state index in [1.807, 2.05) is 12.1 Å². The maximum absolute atomic E-state index is 11.0. The molecule has 1 aromatic rings. The second kappa shape index (κ2) is 4.14. The van der Waals surface area contributed by atoms with Crippen LogP contribution >= 0.6 is 15.9 Å². The highest BCUT2D eigenvalue weighted by Crippen LogP contribution is 2.53. The zero-order chi connectivity index (χ0) is 11.8. The highest BCUT2D eigenvalue weighted by Gasteiger charge is 2.47. The Bertz CT molecular complexity index is 430. The Morgan fingerprint density at radius 1 is 1.50 bits per heavy atom. The summed E-state index contributed by atoms with van der Waals surface area (Å²) in [5.41, 5.74) is 6.59. The number of nitro benzene ring substituents is 1. The smallest absolute Gasteiger partial charge is 0.274 e. The summed E-state index contributed by atoms with van der Waals surface area (Å²) in [5, 5.41) is 11.0. The van der Waals surface area contributed by atoms with Crippen LogP contribution in [-0.4, -0.2) is 11.5 Å². The lowest BCUT2D eigenvalue weighted by Gasteiger charge is -2.14. The summed E-state index contributed by atoms with van der Waals surface area (Å²) >= 11 is 3.26. The molecule has 0 amide bonds. The molecule has 5 heteroatoms. The number of halogens is 1. The van der Waals surface area contributed by atoms with Crippen LogP contribution in [0.1, 0.15) is 24.8 Å². The Labute approximate surface area is 102 Å². The van der Waals surface area contributed by atoms with E-state index in [1.165, 1.54) is 0 Å². The maximum atomic E-state index is 11.0. The van der Waals surface area contributed by atoms with Crippen molar-refractivity contribution in [2.45, 2.75) is 24.7 Å². The van der Waals surface area contributed by atoms with Crippen LogP contribution in [0.15, 0.2) is 22.7 Å². The predicted octanol–water partition coefficient (Wildman–Crippen LogP) is 2.74. The number of nitro groups is 1. The minimum absolute atomic E-state index is 0.0299. The van der Waals surface area contributed by atoms with Gasteiger partial charge in [-0.3, -0.25) is 10.1 Å². The third-order valence-electron chi connectivity index (χ3n) is 3.20. The zero-order valence-electron chi connectivity index (χ0n) is 8.78. The summed E-state index contributed by atoms with van der Waals surface area (Å²) in [7, 11) is 0. The lowest BCUT2D eigenvalue weighted by atomic mass is 9.91. The first-order valence-corrected chi connectivity index (χ1v) is 6.03. The molecule has 1 aliphatic rings. The number of rotatable bonds is 4. The van der Waals surface area contributed by atoms with Crippen molar-refractivity contribution < 1.29 is 4.92 Å². The van der Waals surface area contributed by atoms with E-state index in [2.05, 4.69) is 15.9 Å². The van der Waals surface area contributed by atoms with Crippen LogP contribution in [0.3, 0.4) is 0 Å². The van der Waals surface area contributed by atoms with E-state index < -0.39 is 0 Å². The van der Waals surface area contributed by atoms with Gasteiger partial charge in [-0.2, -0.15) is 0 Å². The van der Waals surface area contributed by atoms with E-state index in [0.717, 1.165) is 29.3 Å². The first kappa shape index (κ1) is 11.5. The summed E-state index contributed by atoms with van der Waals surface area (Å²) < 4.78 is 0.742. The second-order valence-electron chi connectivity index (χ2n) is 4.24. The van der Waals surface area contributed by atoms with Crippen LogP contribution in [0.4, 0.5) is 5.69 Å². The Kier molecular flexibility index (Phi) is 2.99. The summed E-state index contributed by atoms with van der Waals surface area (Å²) in [4.78, 5) is 10.7. The number of benzene rings is 1. The Morgan fingerprint density at radius 3 is 2.69 bits per heavy atom. The highest BCUT2D eigenvalue weighted by molar-refractivity contribution is 9.10. The van der Waals surface area contributed by atoms with Gasteiger partial charge < -0.3 is 5.73 Å². The van der Waals surface area contributed by atoms with Gasteiger partial charge in [-0.25, -0.2) is 0 Å². The van der Waals surface area contributed by atoms with Crippen molar-refractivity contribution in [2.75, 3.05) is 6.54 Å². The van der Waals surface area contributed by atoms with Crippen LogP contribution in [-0.2, 0) is 5.41 Å². The van der Waals surface area contributed by atoms with Crippen molar-refractivity contribution in [1.82, 2.24) is 0 Å². The molecule has 0 atom stereocenters. The van der Waals surface area contributed by atoms with Crippen molar-refractivity contribution in [3.05, 3.63) is 38.3 Å². The first-order chi connectivity index (χ1) is 7.59. The second-order valence-corrected chi connectivity index (χ2v) is 5.15. The normalized spacial score (nSPS) is 17.1. The molecule has 0 spiro atoms. The molecule has 1 aliphatic carbocycles. The standard InChI is InChI=1S/C11H13BrN2O2/c12-8-1-2-9(10(7-8)14(15)16)11(3-4-11)5-6-13/h1-2,7H,3-6,13H2. The molecule has 0 unspecified atom stereocenters. The average molecular weight is 285 g/mol. The third-order valence-corrected chi connectivity index (χ3v) is 3.70. The fourth-order valence-electron chi connectivity index (χ4n) is 2.19. The summed E-state index contributed by atoms with van der Waals surface area (Å²) in [6, 6.07) is 5.29. The SMILES string of the molecule is NCCC1(c2ccc(Br)cc2[N+](=O)[O-])CC1. The van der Waals surface area contributed by atoms with Gasteiger partial charge in [-0.15, -0.1) is 0 Å². The molecule has 1 aromatic carbocycles. The van der Waals surface area contributed by atoms with Crippen LogP contribution in [0, 0.1) is 10.1 Å². The summed E-state index contributed by atoms with van der Waals surface area (Å²) in [6.45, 7) is 0.577. The molecule has 0 heterocycles. The highest BCUT2D eigenvalue weighted by atomic mass is 79.9. The van der Waals surface area contributed by atoms with Crippen LogP contribution < -0.4 is 5.73 Å². The molecule has 4 nitrogen and oxygen atoms in total. The van der Waals surface area contributed by atoms with E-state index in [9.17, 15) is 10.1 Å². The molecule has 0 aromatic heterocycles. The Hall–Kier alpha value is -0.940. The predicted molar refractivity (Wildman–Crippen MR) is 65.4 cm³/mol. The molecule has 16 heavy (non-hydrogen) atoms. The van der Waals surface area contributed by atoms with E-state index >= 15 is 0 Å². The number of hydrogen-bond donors (Lipinski definition) is 1. The molecule has 0 radical (unpaired) electrons. The van der Waals surface area contributed by atoms with Crippen molar-refractivity contribution >= 4 is 21.6 Å². The molecule has 86 valence electrons. The van der Waals surface area contributed by atoms with Gasteiger partial charge in [0.2, 0.25) is 0 Å². The third kappa shape index (κ3) is 1.97. The summed E-state index contributed by atoms with van der Waals surface area (Å²) in [6.07, 6.45) is 2.84. The number of hydrogen-bond acceptors (Lipinski definition) is 3. The van der Waals surface area contributed by atoms with Crippen molar-refractivity contribution in [3.8, 4) is 0 Å². The van der Waals surface area contributed by atoms with Gasteiger partial charge in [0.05, 0.1) is 4.92 Å². The van der Waals surface area contributed by atoms with Crippen molar-refractivity contribution in [1.29, 1.82) is 0 Å². The molecule has 0 bridgehead atoms. The van der Waals surface area contributed by atoms with Crippen molar-refractivity contribution in [2.24, 2.45) is 5.73 Å². The molecule has 2 rings (SSSR count). The van der Waals surface area contributed by atoms with E-state index in [4.69, 9.17) is 5.73 Å². The minimum atomic E-state index is -0.309. The zero-order valence-corrected chi connectivity index (χ0v) is 10.4. The Morgan fingerprint density at radius 2 is 2.19 bits per heavy atom. The lowest BCUT2D eigenvalue weighted by molar-refractivity contribution is -0.385. The summed E-state index contributed by atoms with van der Waals surface area (Å²) in [5.74, 6) is 0. The largest absolute Gasteiger partial charge is 0.330 e. The topological polar surface area (TPSA) is 69.2 Å². The first-order valence-electron chi connectivity index (χ1n) is 5.23. The van der Waals surface area contributed by atoms with Crippen LogP contribution in [0.5, 0.6) is 0 Å². The monoisotopic (exact) mass is 284 g/mol. The molecule has 0 aliphatic heterocycles. The van der Waals surface area contributed by atoms with Gasteiger partial charge in [0, 0.05) is 21.5 Å². The van der Waals surface area contributed by atoms with Gasteiger partial charge in [0.25, 0.3) is 5.69 Å². The van der Waals surface area contributed by atoms with Gasteiger partial charge in [-0.05, 0) is 31.9 Å². The Balaban J connectivity index is 2.44. The molecule has 1 fully saturated rings. The van der Waals surface area contributed by atoms with E-state index in [-0.39, 0.29) is 16.0 Å². The molecular weight excluding hydrogens is 272 g/mol.